The number of allylic oxidation sites excluding steroid dienone is 5. The number of aliphatic hydroxyl groups excluding tert-OH is 2. The van der Waals surface area contributed by atoms with Crippen LogP contribution in [0.25, 0.3) is 0 Å². The number of hydrogen-bond acceptors (Lipinski definition) is 3. The molecule has 0 bridgehead atoms. The normalized spacial score (nSPS) is 32.3. The highest BCUT2D eigenvalue weighted by Crippen LogP contribution is 2.55. The Morgan fingerprint density at radius 2 is 1.80 bits per heavy atom. The van der Waals surface area contributed by atoms with E-state index in [1.54, 1.807) is 0 Å². The fraction of sp³-hybridized carbons (Fsp3) is 0.615. The predicted molar refractivity (Wildman–Crippen MR) is 119 cm³/mol. The first kappa shape index (κ1) is 27.6. The highest BCUT2D eigenvalue weighted by molar-refractivity contribution is 5.40. The van der Waals surface area contributed by atoms with Gasteiger partial charge in [0.15, 0.2) is 0 Å². The molecule has 35 heavy (non-hydrogen) atoms. The van der Waals surface area contributed by atoms with Crippen LogP contribution >= 0.6 is 0 Å². The van der Waals surface area contributed by atoms with Crippen molar-refractivity contribution in [3.05, 3.63) is 47.1 Å². The molecule has 0 aromatic rings. The molecule has 2 fully saturated rings. The molecule has 194 valence electrons. The lowest BCUT2D eigenvalue weighted by molar-refractivity contribution is -0.343. The van der Waals surface area contributed by atoms with Crippen LogP contribution in [0.5, 0.6) is 0 Å². The molecule has 0 radical (unpaired) electrons. The molecular formula is C26H30F6O3. The SMILES string of the molecule is C=C1/C(=C\C=C2/CCC[C@]3(C)C(CCC#CC(O)(C(F)(F)F)C(F)(F)F)=CCC23)C[C@@H](O)C[C@@H]1O. The molecule has 9 heteroatoms. The number of fused-ring (bicyclic) bond motifs is 1. The molecule has 3 nitrogen and oxygen atoms in total. The maximum atomic E-state index is 12.8. The lowest BCUT2D eigenvalue weighted by atomic mass is 9.63. The molecule has 0 aromatic heterocycles. The number of halogens is 6. The summed E-state index contributed by atoms with van der Waals surface area (Å²) < 4.78 is 76.8. The second kappa shape index (κ2) is 9.79. The minimum Gasteiger partial charge on any atom is -0.393 e. The van der Waals surface area contributed by atoms with Crippen LogP contribution in [0, 0.1) is 23.2 Å². The van der Waals surface area contributed by atoms with Crippen LogP contribution in [0.2, 0.25) is 0 Å². The third-order valence-electron chi connectivity index (χ3n) is 7.59. The van der Waals surface area contributed by atoms with Gasteiger partial charge >= 0.3 is 18.0 Å². The third-order valence-corrected chi connectivity index (χ3v) is 7.59. The average molecular weight is 505 g/mol. The van der Waals surface area contributed by atoms with Crippen molar-refractivity contribution in [3.8, 4) is 11.8 Å². The van der Waals surface area contributed by atoms with Gasteiger partial charge in [-0.15, -0.1) is 0 Å². The van der Waals surface area contributed by atoms with Crippen LogP contribution in [-0.4, -0.2) is 45.5 Å². The number of aliphatic hydroxyl groups is 3. The zero-order chi connectivity index (χ0) is 26.2. The van der Waals surface area contributed by atoms with Crippen molar-refractivity contribution in [3.63, 3.8) is 0 Å². The van der Waals surface area contributed by atoms with Gasteiger partial charge in [0.2, 0.25) is 0 Å². The molecular weight excluding hydrogens is 474 g/mol. The summed E-state index contributed by atoms with van der Waals surface area (Å²) in [6.07, 6.45) is -3.53. The summed E-state index contributed by atoms with van der Waals surface area (Å²) in [5, 5.41) is 29.2. The van der Waals surface area contributed by atoms with Gasteiger partial charge in [0.25, 0.3) is 0 Å². The Morgan fingerprint density at radius 3 is 2.43 bits per heavy atom. The number of hydrogen-bond donors (Lipinski definition) is 3. The quantitative estimate of drug-likeness (QED) is 0.263. The van der Waals surface area contributed by atoms with Crippen molar-refractivity contribution in [1.29, 1.82) is 0 Å². The van der Waals surface area contributed by atoms with Gasteiger partial charge < -0.3 is 15.3 Å². The van der Waals surface area contributed by atoms with E-state index in [-0.39, 0.29) is 30.6 Å². The second-order valence-corrected chi connectivity index (χ2v) is 9.86. The molecule has 0 saturated heterocycles. The van der Waals surface area contributed by atoms with Gasteiger partial charge in [-0.05, 0) is 66.9 Å². The van der Waals surface area contributed by atoms with Gasteiger partial charge in [-0.1, -0.05) is 48.8 Å². The van der Waals surface area contributed by atoms with Crippen LogP contribution in [0.3, 0.4) is 0 Å². The number of rotatable bonds is 3. The molecule has 1 unspecified atom stereocenters. The second-order valence-electron chi connectivity index (χ2n) is 9.86. The Balaban J connectivity index is 1.72. The summed E-state index contributed by atoms with van der Waals surface area (Å²) in [7, 11) is 0. The van der Waals surface area contributed by atoms with Crippen molar-refractivity contribution in [2.45, 2.75) is 88.5 Å². The monoisotopic (exact) mass is 504 g/mol. The van der Waals surface area contributed by atoms with Crippen LogP contribution in [-0.2, 0) is 0 Å². The lowest BCUT2D eigenvalue weighted by Crippen LogP contribution is -2.55. The average Bonchev–Trinajstić information content (AvgIpc) is 3.07. The maximum Gasteiger partial charge on any atom is 0.438 e. The molecule has 0 aliphatic heterocycles. The molecule has 0 amide bonds. The largest absolute Gasteiger partial charge is 0.438 e. The van der Waals surface area contributed by atoms with E-state index >= 15 is 0 Å². The Labute approximate surface area is 200 Å². The maximum absolute atomic E-state index is 12.8. The van der Waals surface area contributed by atoms with E-state index < -0.39 is 30.2 Å². The first-order valence-electron chi connectivity index (χ1n) is 11.6. The van der Waals surface area contributed by atoms with Crippen LogP contribution in [0.15, 0.2) is 47.1 Å². The van der Waals surface area contributed by atoms with Crippen molar-refractivity contribution >= 4 is 0 Å². The summed E-state index contributed by atoms with van der Waals surface area (Å²) >= 11 is 0. The topological polar surface area (TPSA) is 60.7 Å². The minimum absolute atomic E-state index is 0.144. The van der Waals surface area contributed by atoms with Crippen LogP contribution < -0.4 is 0 Å². The number of alkyl halides is 6. The zero-order valence-corrected chi connectivity index (χ0v) is 19.4. The summed E-state index contributed by atoms with van der Waals surface area (Å²) in [5.41, 5.74) is -1.82. The van der Waals surface area contributed by atoms with E-state index in [2.05, 4.69) is 13.5 Å². The van der Waals surface area contributed by atoms with Crippen molar-refractivity contribution in [2.24, 2.45) is 11.3 Å². The van der Waals surface area contributed by atoms with Crippen molar-refractivity contribution in [1.82, 2.24) is 0 Å². The van der Waals surface area contributed by atoms with Gasteiger partial charge in [0, 0.05) is 12.8 Å². The van der Waals surface area contributed by atoms with Gasteiger partial charge in [-0.25, -0.2) is 0 Å². The molecule has 2 saturated carbocycles. The molecule has 3 aliphatic carbocycles. The Hall–Kier alpha value is -2.02. The molecule has 3 rings (SSSR count). The van der Waals surface area contributed by atoms with E-state index in [1.165, 1.54) is 5.57 Å². The van der Waals surface area contributed by atoms with Gasteiger partial charge in [0.05, 0.1) is 12.2 Å². The Morgan fingerprint density at radius 1 is 1.14 bits per heavy atom. The van der Waals surface area contributed by atoms with Gasteiger partial charge in [0.1, 0.15) is 0 Å². The summed E-state index contributed by atoms with van der Waals surface area (Å²) in [6.45, 7) is 5.97. The van der Waals surface area contributed by atoms with E-state index in [9.17, 15) is 41.7 Å². The Bertz CT molecular complexity index is 977. The van der Waals surface area contributed by atoms with E-state index in [1.807, 2.05) is 24.1 Å². The lowest BCUT2D eigenvalue weighted by Gasteiger charge is -2.41. The molecule has 3 aliphatic rings. The molecule has 0 spiro atoms. The van der Waals surface area contributed by atoms with Crippen LogP contribution in [0.4, 0.5) is 26.3 Å². The smallest absolute Gasteiger partial charge is 0.393 e. The first-order chi connectivity index (χ1) is 16.1. The van der Waals surface area contributed by atoms with Crippen molar-refractivity contribution < 1.29 is 41.7 Å². The summed E-state index contributed by atoms with van der Waals surface area (Å²) in [4.78, 5) is 0. The third kappa shape index (κ3) is 5.40. The van der Waals surface area contributed by atoms with Gasteiger partial charge in [-0.2, -0.15) is 26.3 Å². The minimum atomic E-state index is -5.95. The first-order valence-corrected chi connectivity index (χ1v) is 11.6. The van der Waals surface area contributed by atoms with E-state index in [0.717, 1.165) is 36.3 Å². The summed E-state index contributed by atoms with van der Waals surface area (Å²) in [6, 6.07) is 0. The highest BCUT2D eigenvalue weighted by Gasteiger charge is 2.70. The van der Waals surface area contributed by atoms with Crippen molar-refractivity contribution in [2.75, 3.05) is 0 Å². The molecule has 0 aromatic carbocycles. The predicted octanol–water partition coefficient (Wildman–Crippen LogP) is 5.69. The zero-order valence-electron chi connectivity index (χ0n) is 19.4. The fourth-order valence-electron chi connectivity index (χ4n) is 5.45. The van der Waals surface area contributed by atoms with Gasteiger partial charge in [-0.3, -0.25) is 0 Å². The Kier molecular flexibility index (Phi) is 7.71. The van der Waals surface area contributed by atoms with E-state index in [4.69, 9.17) is 0 Å². The molecule has 0 heterocycles. The fourth-order valence-corrected chi connectivity index (χ4v) is 5.45. The van der Waals surface area contributed by atoms with Crippen LogP contribution in [0.1, 0.15) is 58.3 Å². The standard InChI is InChI=1S/C26H30F6O3/c1-16-18(14-20(33)15-22(16)34)9-8-17-6-5-12-23(2)19(10-11-21(17)23)7-3-4-13-24(35,25(27,28)29)26(30,31)32/h8-10,20-22,33-35H,1,3,5-7,11-12,14-15H2,2H3/b17-8+,18-9-/t20-,21?,22+,23-/m1/s1. The molecule has 4 atom stereocenters. The molecule has 3 N–H and O–H groups in total. The van der Waals surface area contributed by atoms with E-state index in [0.29, 0.717) is 18.4 Å². The highest BCUT2D eigenvalue weighted by atomic mass is 19.4. The summed E-state index contributed by atoms with van der Waals surface area (Å²) in [5.74, 6) is 3.07.